The smallest absolute Gasteiger partial charge is 0.282 e. The number of amidine groups is 1. The maximum Gasteiger partial charge on any atom is 0.282 e. The molecule has 2 N–H and O–H groups in total. The van der Waals surface area contributed by atoms with Crippen molar-refractivity contribution in [3.63, 3.8) is 0 Å². The molecule has 0 aliphatic carbocycles. The van der Waals surface area contributed by atoms with Crippen LogP contribution in [0.2, 0.25) is 0 Å². The monoisotopic (exact) mass is 204 g/mol. The summed E-state index contributed by atoms with van der Waals surface area (Å²) in [6.07, 6.45) is 0.961. The molecule has 0 bridgehead atoms. The van der Waals surface area contributed by atoms with Gasteiger partial charge in [-0.05, 0) is 23.3 Å². The molecule has 0 saturated heterocycles. The fraction of sp³-hybridized carbons (Fsp3) is 0.364. The van der Waals surface area contributed by atoms with Gasteiger partial charge < -0.3 is 15.2 Å². The van der Waals surface area contributed by atoms with Crippen LogP contribution in [0.25, 0.3) is 0 Å². The van der Waals surface area contributed by atoms with E-state index in [-0.39, 0.29) is 12.1 Å². The number of fused-ring (bicyclic) bond motifs is 1. The predicted octanol–water partition coefficient (Wildman–Crippen LogP) is 1.01. The van der Waals surface area contributed by atoms with Crippen molar-refractivity contribution in [3.05, 3.63) is 29.3 Å². The van der Waals surface area contributed by atoms with E-state index in [4.69, 9.17) is 15.2 Å². The van der Waals surface area contributed by atoms with Gasteiger partial charge in [-0.25, -0.2) is 4.99 Å². The number of rotatable bonds is 1. The molecule has 78 valence electrons. The van der Waals surface area contributed by atoms with Crippen molar-refractivity contribution < 1.29 is 9.47 Å². The van der Waals surface area contributed by atoms with Gasteiger partial charge in [-0.1, -0.05) is 6.07 Å². The number of hydrogen-bond donors (Lipinski definition) is 1. The van der Waals surface area contributed by atoms with E-state index >= 15 is 0 Å². The van der Waals surface area contributed by atoms with Crippen LogP contribution in [0.1, 0.15) is 17.2 Å². The van der Waals surface area contributed by atoms with E-state index in [0.717, 1.165) is 24.3 Å². The van der Waals surface area contributed by atoms with Crippen molar-refractivity contribution in [2.45, 2.75) is 12.5 Å². The Labute approximate surface area is 87.7 Å². The van der Waals surface area contributed by atoms with E-state index in [1.807, 2.05) is 12.1 Å². The lowest BCUT2D eigenvalue weighted by Gasteiger charge is -2.11. The maximum absolute atomic E-state index is 5.48. The summed E-state index contributed by atoms with van der Waals surface area (Å²) < 4.78 is 10.8. The predicted molar refractivity (Wildman–Crippen MR) is 56.0 cm³/mol. The molecule has 0 aromatic heterocycles. The zero-order chi connectivity index (χ0) is 10.3. The summed E-state index contributed by atoms with van der Waals surface area (Å²) in [5, 5.41) is 0. The molecule has 1 unspecified atom stereocenters. The molecule has 3 rings (SSSR count). The summed E-state index contributed by atoms with van der Waals surface area (Å²) in [7, 11) is 0. The van der Waals surface area contributed by atoms with Crippen LogP contribution in [0.4, 0.5) is 0 Å². The minimum atomic E-state index is -0.0177. The standard InChI is InChI=1S/C11H12N2O2/c12-11-13-6-10(15-11)7-1-2-9-8(5-7)3-4-14-9/h1-2,5,10H,3-4,6H2,(H2,12,13). The third kappa shape index (κ3) is 1.42. The fourth-order valence-corrected chi connectivity index (χ4v) is 1.97. The van der Waals surface area contributed by atoms with Gasteiger partial charge in [0.1, 0.15) is 11.9 Å². The van der Waals surface area contributed by atoms with Gasteiger partial charge in [0, 0.05) is 6.42 Å². The molecular formula is C11H12N2O2. The summed E-state index contributed by atoms with van der Waals surface area (Å²) in [5.41, 5.74) is 7.86. The molecule has 15 heavy (non-hydrogen) atoms. The van der Waals surface area contributed by atoms with E-state index in [2.05, 4.69) is 11.1 Å². The summed E-state index contributed by atoms with van der Waals surface area (Å²) in [6, 6.07) is 6.43. The molecule has 1 aromatic rings. The Bertz CT molecular complexity index is 429. The lowest BCUT2D eigenvalue weighted by atomic mass is 10.0. The minimum absolute atomic E-state index is 0.0177. The molecule has 0 saturated carbocycles. The highest BCUT2D eigenvalue weighted by Crippen LogP contribution is 2.30. The molecule has 2 heterocycles. The first kappa shape index (κ1) is 8.59. The molecule has 0 fully saturated rings. The number of aliphatic imine (C=N–C) groups is 1. The number of nitrogens with two attached hydrogens (primary N) is 1. The van der Waals surface area contributed by atoms with Crippen molar-refractivity contribution in [2.75, 3.05) is 13.2 Å². The number of nitrogens with zero attached hydrogens (tertiary/aromatic N) is 1. The normalized spacial score (nSPS) is 22.9. The highest BCUT2D eigenvalue weighted by atomic mass is 16.5. The zero-order valence-electron chi connectivity index (χ0n) is 8.27. The first-order valence-corrected chi connectivity index (χ1v) is 5.05. The van der Waals surface area contributed by atoms with Gasteiger partial charge in [0.25, 0.3) is 6.02 Å². The van der Waals surface area contributed by atoms with Gasteiger partial charge in [-0.2, -0.15) is 0 Å². The van der Waals surface area contributed by atoms with Gasteiger partial charge in [-0.15, -0.1) is 0 Å². The SMILES string of the molecule is NC1=NCC(c2ccc3c(c2)CCO3)O1. The summed E-state index contributed by atoms with van der Waals surface area (Å²) >= 11 is 0. The van der Waals surface area contributed by atoms with Gasteiger partial charge in [0.15, 0.2) is 0 Å². The second-order valence-electron chi connectivity index (χ2n) is 3.75. The topological polar surface area (TPSA) is 56.8 Å². The molecule has 0 radical (unpaired) electrons. The Morgan fingerprint density at radius 2 is 2.33 bits per heavy atom. The average Bonchev–Trinajstić information content (AvgIpc) is 2.84. The number of ether oxygens (including phenoxy) is 2. The Morgan fingerprint density at radius 1 is 1.40 bits per heavy atom. The average molecular weight is 204 g/mol. The Hall–Kier alpha value is -1.71. The van der Waals surface area contributed by atoms with Crippen molar-refractivity contribution in [1.82, 2.24) is 0 Å². The summed E-state index contributed by atoms with van der Waals surface area (Å²) in [6.45, 7) is 1.40. The zero-order valence-corrected chi connectivity index (χ0v) is 8.27. The first-order valence-electron chi connectivity index (χ1n) is 5.05. The van der Waals surface area contributed by atoms with E-state index < -0.39 is 0 Å². The van der Waals surface area contributed by atoms with Gasteiger partial charge in [-0.3, -0.25) is 0 Å². The minimum Gasteiger partial charge on any atom is -0.493 e. The van der Waals surface area contributed by atoms with Crippen LogP contribution in [-0.4, -0.2) is 19.2 Å². The van der Waals surface area contributed by atoms with Crippen LogP contribution in [-0.2, 0) is 11.2 Å². The molecule has 4 heteroatoms. The van der Waals surface area contributed by atoms with Crippen LogP contribution in [0.15, 0.2) is 23.2 Å². The van der Waals surface area contributed by atoms with Crippen LogP contribution < -0.4 is 10.5 Å². The highest BCUT2D eigenvalue weighted by molar-refractivity contribution is 5.73. The largest absolute Gasteiger partial charge is 0.493 e. The fourth-order valence-electron chi connectivity index (χ4n) is 1.97. The molecule has 2 aliphatic heterocycles. The van der Waals surface area contributed by atoms with Gasteiger partial charge in [0.2, 0.25) is 0 Å². The highest BCUT2D eigenvalue weighted by Gasteiger charge is 2.22. The van der Waals surface area contributed by atoms with Crippen molar-refractivity contribution in [1.29, 1.82) is 0 Å². The van der Waals surface area contributed by atoms with Crippen molar-refractivity contribution >= 4 is 6.02 Å². The molecule has 1 aromatic carbocycles. The summed E-state index contributed by atoms with van der Waals surface area (Å²) in [4.78, 5) is 4.03. The third-order valence-electron chi connectivity index (χ3n) is 2.76. The Balaban J connectivity index is 1.88. The molecular weight excluding hydrogens is 192 g/mol. The Kier molecular flexibility index (Phi) is 1.80. The van der Waals surface area contributed by atoms with E-state index in [0.29, 0.717) is 6.54 Å². The lowest BCUT2D eigenvalue weighted by molar-refractivity contribution is 0.226. The Morgan fingerprint density at radius 3 is 3.13 bits per heavy atom. The molecule has 0 amide bonds. The quantitative estimate of drug-likeness (QED) is 0.742. The number of hydrogen-bond acceptors (Lipinski definition) is 4. The first-order chi connectivity index (χ1) is 7.33. The molecule has 0 spiro atoms. The second kappa shape index (κ2) is 3.15. The van der Waals surface area contributed by atoms with E-state index in [9.17, 15) is 0 Å². The van der Waals surface area contributed by atoms with Crippen LogP contribution in [0, 0.1) is 0 Å². The van der Waals surface area contributed by atoms with Gasteiger partial charge in [0.05, 0.1) is 13.2 Å². The van der Waals surface area contributed by atoms with E-state index in [1.54, 1.807) is 0 Å². The number of benzene rings is 1. The molecule has 1 atom stereocenters. The van der Waals surface area contributed by atoms with Crippen molar-refractivity contribution in [3.8, 4) is 5.75 Å². The maximum atomic E-state index is 5.48. The summed E-state index contributed by atoms with van der Waals surface area (Å²) in [5.74, 6) is 0.991. The van der Waals surface area contributed by atoms with Crippen LogP contribution in [0.3, 0.4) is 0 Å². The van der Waals surface area contributed by atoms with Crippen LogP contribution in [0.5, 0.6) is 5.75 Å². The van der Waals surface area contributed by atoms with Gasteiger partial charge >= 0.3 is 0 Å². The van der Waals surface area contributed by atoms with Crippen molar-refractivity contribution in [2.24, 2.45) is 10.7 Å². The van der Waals surface area contributed by atoms with Crippen LogP contribution >= 0.6 is 0 Å². The molecule has 4 nitrogen and oxygen atoms in total. The van der Waals surface area contributed by atoms with E-state index in [1.165, 1.54) is 5.56 Å². The third-order valence-corrected chi connectivity index (χ3v) is 2.76. The molecule has 2 aliphatic rings. The lowest BCUT2D eigenvalue weighted by Crippen LogP contribution is -2.13. The second-order valence-corrected chi connectivity index (χ2v) is 3.75.